The van der Waals surface area contributed by atoms with Crippen LogP contribution in [0.25, 0.3) is 0 Å². The molecule has 1 aliphatic heterocycles. The van der Waals surface area contributed by atoms with E-state index in [1.807, 2.05) is 6.08 Å². The van der Waals surface area contributed by atoms with Gasteiger partial charge in [-0.1, -0.05) is 289 Å². The maximum absolute atomic E-state index is 13.0. The Morgan fingerprint density at radius 2 is 0.809 bits per heavy atom. The number of unbranched alkanes of at least 4 members (excludes halogenated alkanes) is 42. The van der Waals surface area contributed by atoms with Gasteiger partial charge in [0.1, 0.15) is 24.4 Å². The standard InChI is InChI=1S/C59H115NO8/c1-3-5-7-9-11-13-15-17-19-20-21-22-23-24-25-26-27-28-29-30-31-32-33-34-35-37-39-41-43-45-47-49-55(63)60-52(51-67-59-58(66)57(65)56(64)54(50-61)68-59)53(62)48-46-44-42-40-38-36-18-16-14-12-10-8-6-4-2/h46,48,52-54,56-59,61-62,64-66H,3-45,47,49-51H2,1-2H3,(H,60,63)/b48-46+. The molecule has 7 atom stereocenters. The summed E-state index contributed by atoms with van der Waals surface area (Å²) in [6.07, 6.45) is 54.4. The third-order valence-corrected chi connectivity index (χ3v) is 14.6. The van der Waals surface area contributed by atoms with E-state index in [1.165, 1.54) is 244 Å². The van der Waals surface area contributed by atoms with Crippen LogP contribution < -0.4 is 5.32 Å². The molecular formula is C59H115NO8. The van der Waals surface area contributed by atoms with Crippen molar-refractivity contribution >= 4 is 5.91 Å². The van der Waals surface area contributed by atoms with Crippen LogP contribution in [-0.4, -0.2) is 87.5 Å². The Balaban J connectivity index is 2.11. The van der Waals surface area contributed by atoms with Crippen LogP contribution in [0.3, 0.4) is 0 Å². The van der Waals surface area contributed by atoms with Crippen LogP contribution >= 0.6 is 0 Å². The number of carbonyl (C=O) groups excluding carboxylic acids is 1. The summed E-state index contributed by atoms with van der Waals surface area (Å²) in [6, 6.07) is -0.800. The Hall–Kier alpha value is -1.07. The number of aliphatic hydroxyl groups is 5. The fraction of sp³-hybridized carbons (Fsp3) is 0.949. The molecule has 0 aromatic rings. The molecule has 1 fully saturated rings. The Bertz CT molecular complexity index is 1080. The average molecular weight is 967 g/mol. The van der Waals surface area contributed by atoms with Crippen molar-refractivity contribution < 1.29 is 39.8 Å². The number of aliphatic hydroxyl groups excluding tert-OH is 5. The van der Waals surface area contributed by atoms with Gasteiger partial charge in [-0.15, -0.1) is 0 Å². The molecule has 0 saturated carbocycles. The van der Waals surface area contributed by atoms with Crippen LogP contribution in [0.5, 0.6) is 0 Å². The van der Waals surface area contributed by atoms with E-state index in [9.17, 15) is 30.3 Å². The predicted octanol–water partition coefficient (Wildman–Crippen LogP) is 14.8. The predicted molar refractivity (Wildman–Crippen MR) is 286 cm³/mol. The van der Waals surface area contributed by atoms with E-state index in [4.69, 9.17) is 9.47 Å². The second kappa shape index (κ2) is 49.5. The summed E-state index contributed by atoms with van der Waals surface area (Å²) in [7, 11) is 0. The first kappa shape index (κ1) is 64.9. The van der Waals surface area contributed by atoms with E-state index in [1.54, 1.807) is 6.08 Å². The molecule has 1 heterocycles. The molecule has 404 valence electrons. The fourth-order valence-corrected chi connectivity index (χ4v) is 9.87. The Morgan fingerprint density at radius 3 is 1.15 bits per heavy atom. The van der Waals surface area contributed by atoms with E-state index in [2.05, 4.69) is 19.2 Å². The molecule has 1 saturated heterocycles. The zero-order valence-electron chi connectivity index (χ0n) is 44.9. The highest BCUT2D eigenvalue weighted by Crippen LogP contribution is 2.23. The summed E-state index contributed by atoms with van der Waals surface area (Å²) in [6.45, 7) is 3.81. The largest absolute Gasteiger partial charge is 0.394 e. The zero-order valence-corrected chi connectivity index (χ0v) is 44.9. The van der Waals surface area contributed by atoms with Gasteiger partial charge in [-0.05, 0) is 19.3 Å². The summed E-state index contributed by atoms with van der Waals surface area (Å²) in [5.41, 5.74) is 0. The minimum absolute atomic E-state index is 0.170. The molecule has 0 bridgehead atoms. The molecule has 6 N–H and O–H groups in total. The van der Waals surface area contributed by atoms with Gasteiger partial charge in [0.15, 0.2) is 6.29 Å². The maximum atomic E-state index is 13.0. The van der Waals surface area contributed by atoms with Gasteiger partial charge in [-0.25, -0.2) is 0 Å². The SMILES string of the molecule is CCCCCCCCCCCCCC/C=C/C(O)C(COC1OC(CO)C(O)C(O)C1O)NC(=O)CCCCCCCCCCCCCCCCCCCCCCCCCCCCCCCCC. The highest BCUT2D eigenvalue weighted by molar-refractivity contribution is 5.76. The number of hydrogen-bond acceptors (Lipinski definition) is 8. The number of rotatable bonds is 52. The Labute approximate surface area is 420 Å². The molecule has 1 amide bonds. The molecule has 1 rings (SSSR count). The van der Waals surface area contributed by atoms with Crippen molar-refractivity contribution in [2.24, 2.45) is 0 Å². The van der Waals surface area contributed by atoms with Gasteiger partial charge < -0.3 is 40.3 Å². The van der Waals surface area contributed by atoms with Gasteiger partial charge in [0.25, 0.3) is 0 Å². The minimum atomic E-state index is -1.56. The highest BCUT2D eigenvalue weighted by atomic mass is 16.7. The highest BCUT2D eigenvalue weighted by Gasteiger charge is 2.44. The molecule has 68 heavy (non-hydrogen) atoms. The molecule has 0 aromatic heterocycles. The van der Waals surface area contributed by atoms with Crippen LogP contribution in [0.1, 0.15) is 303 Å². The van der Waals surface area contributed by atoms with Crippen molar-refractivity contribution in [1.29, 1.82) is 0 Å². The summed E-state index contributed by atoms with van der Waals surface area (Å²) in [5.74, 6) is -0.170. The maximum Gasteiger partial charge on any atom is 0.220 e. The van der Waals surface area contributed by atoms with Crippen LogP contribution in [0, 0.1) is 0 Å². The molecule has 0 aliphatic carbocycles. The first-order valence-corrected chi connectivity index (χ1v) is 29.9. The molecule has 7 unspecified atom stereocenters. The van der Waals surface area contributed by atoms with Crippen LogP contribution in [0.2, 0.25) is 0 Å². The van der Waals surface area contributed by atoms with E-state index in [0.29, 0.717) is 6.42 Å². The van der Waals surface area contributed by atoms with Crippen molar-refractivity contribution in [2.75, 3.05) is 13.2 Å². The zero-order chi connectivity index (χ0) is 49.4. The summed E-state index contributed by atoms with van der Waals surface area (Å²) < 4.78 is 11.3. The lowest BCUT2D eigenvalue weighted by molar-refractivity contribution is -0.302. The first-order chi connectivity index (χ1) is 33.3. The van der Waals surface area contributed by atoms with Gasteiger partial charge >= 0.3 is 0 Å². The van der Waals surface area contributed by atoms with Crippen molar-refractivity contribution in [1.82, 2.24) is 5.32 Å². The number of ether oxygens (including phenoxy) is 2. The molecule has 9 nitrogen and oxygen atoms in total. The monoisotopic (exact) mass is 966 g/mol. The lowest BCUT2D eigenvalue weighted by atomic mass is 9.99. The summed E-state index contributed by atoms with van der Waals surface area (Å²) in [4.78, 5) is 13.0. The second-order valence-corrected chi connectivity index (χ2v) is 21.2. The van der Waals surface area contributed by atoms with E-state index in [-0.39, 0.29) is 12.5 Å². The van der Waals surface area contributed by atoms with Crippen molar-refractivity contribution in [3.05, 3.63) is 12.2 Å². The summed E-state index contributed by atoms with van der Waals surface area (Å²) in [5, 5.41) is 54.4. The number of nitrogens with one attached hydrogen (secondary N) is 1. The third-order valence-electron chi connectivity index (χ3n) is 14.6. The Kier molecular flexibility index (Phi) is 47.3. The molecule has 1 aliphatic rings. The van der Waals surface area contributed by atoms with Crippen LogP contribution in [-0.2, 0) is 14.3 Å². The number of hydrogen-bond donors (Lipinski definition) is 6. The van der Waals surface area contributed by atoms with E-state index in [0.717, 1.165) is 38.5 Å². The molecule has 0 aromatic carbocycles. The van der Waals surface area contributed by atoms with Crippen molar-refractivity contribution in [2.45, 2.75) is 346 Å². The summed E-state index contributed by atoms with van der Waals surface area (Å²) >= 11 is 0. The second-order valence-electron chi connectivity index (χ2n) is 21.2. The lowest BCUT2D eigenvalue weighted by Gasteiger charge is -2.40. The van der Waals surface area contributed by atoms with Gasteiger partial charge in [-0.2, -0.15) is 0 Å². The molecule has 0 spiro atoms. The number of allylic oxidation sites excluding steroid dienone is 1. The topological polar surface area (TPSA) is 149 Å². The average Bonchev–Trinajstić information content (AvgIpc) is 3.34. The fourth-order valence-electron chi connectivity index (χ4n) is 9.87. The van der Waals surface area contributed by atoms with Gasteiger partial charge in [0.2, 0.25) is 5.91 Å². The molecule has 9 heteroatoms. The van der Waals surface area contributed by atoms with E-state index < -0.39 is 49.5 Å². The van der Waals surface area contributed by atoms with Crippen molar-refractivity contribution in [3.63, 3.8) is 0 Å². The lowest BCUT2D eigenvalue weighted by Crippen LogP contribution is -2.60. The van der Waals surface area contributed by atoms with Gasteiger partial charge in [0.05, 0.1) is 25.4 Å². The number of amides is 1. The molecule has 0 radical (unpaired) electrons. The Morgan fingerprint density at radius 1 is 0.485 bits per heavy atom. The third kappa shape index (κ3) is 38.6. The van der Waals surface area contributed by atoms with Crippen molar-refractivity contribution in [3.8, 4) is 0 Å². The van der Waals surface area contributed by atoms with Gasteiger partial charge in [-0.3, -0.25) is 4.79 Å². The van der Waals surface area contributed by atoms with Crippen LogP contribution in [0.15, 0.2) is 12.2 Å². The molecular weight excluding hydrogens is 851 g/mol. The van der Waals surface area contributed by atoms with Crippen LogP contribution in [0.4, 0.5) is 0 Å². The van der Waals surface area contributed by atoms with E-state index >= 15 is 0 Å². The van der Waals surface area contributed by atoms with Gasteiger partial charge in [0, 0.05) is 6.42 Å². The smallest absolute Gasteiger partial charge is 0.220 e. The quantitative estimate of drug-likeness (QED) is 0.0261. The number of carbonyl (C=O) groups is 1. The minimum Gasteiger partial charge on any atom is -0.394 e. The normalized spacial score (nSPS) is 19.5. The first-order valence-electron chi connectivity index (χ1n) is 29.9.